The summed E-state index contributed by atoms with van der Waals surface area (Å²) in [5.41, 5.74) is 0. The van der Waals surface area contributed by atoms with E-state index in [4.69, 9.17) is 4.74 Å². The molecule has 0 amide bonds. The number of unbranched alkanes of at least 4 members (excludes halogenated alkanes) is 1. The molecule has 1 rings (SSSR count). The van der Waals surface area contributed by atoms with Crippen LogP contribution in [0.1, 0.15) is 71.6 Å². The molecule has 1 N–H and O–H groups in total. The average Bonchev–Trinajstić information content (AvgIpc) is 2.37. The zero-order valence-electron chi connectivity index (χ0n) is 11.8. The van der Waals surface area contributed by atoms with Crippen molar-refractivity contribution in [3.8, 4) is 0 Å². The van der Waals surface area contributed by atoms with E-state index < -0.39 is 0 Å². The zero-order valence-corrected chi connectivity index (χ0v) is 11.8. The minimum atomic E-state index is 0.583. The van der Waals surface area contributed by atoms with Crippen LogP contribution < -0.4 is 5.32 Å². The lowest BCUT2D eigenvalue weighted by Gasteiger charge is -2.22. The van der Waals surface area contributed by atoms with Crippen LogP contribution >= 0.6 is 0 Å². The Morgan fingerprint density at radius 2 is 1.94 bits per heavy atom. The van der Waals surface area contributed by atoms with Crippen molar-refractivity contribution in [1.82, 2.24) is 5.32 Å². The number of rotatable bonds is 9. The molecule has 17 heavy (non-hydrogen) atoms. The van der Waals surface area contributed by atoms with Crippen LogP contribution in [0.2, 0.25) is 0 Å². The van der Waals surface area contributed by atoms with Gasteiger partial charge in [0.2, 0.25) is 0 Å². The molecule has 0 aromatic rings. The maximum atomic E-state index is 5.93. The second-order valence-corrected chi connectivity index (χ2v) is 5.48. The van der Waals surface area contributed by atoms with Crippen molar-refractivity contribution in [1.29, 1.82) is 0 Å². The van der Waals surface area contributed by atoms with Gasteiger partial charge in [-0.15, -0.1) is 0 Å². The largest absolute Gasteiger partial charge is 0.378 e. The second kappa shape index (κ2) is 9.90. The molecule has 0 radical (unpaired) electrons. The van der Waals surface area contributed by atoms with Crippen molar-refractivity contribution in [2.24, 2.45) is 0 Å². The van der Waals surface area contributed by atoms with Crippen molar-refractivity contribution >= 4 is 0 Å². The summed E-state index contributed by atoms with van der Waals surface area (Å²) in [5, 5.41) is 3.53. The summed E-state index contributed by atoms with van der Waals surface area (Å²) in [6.45, 7) is 6.64. The predicted molar refractivity (Wildman–Crippen MR) is 74.4 cm³/mol. The van der Waals surface area contributed by atoms with Gasteiger partial charge in [-0.1, -0.05) is 26.2 Å². The fourth-order valence-corrected chi connectivity index (χ4v) is 2.53. The molecule has 1 saturated carbocycles. The topological polar surface area (TPSA) is 21.3 Å². The van der Waals surface area contributed by atoms with Crippen LogP contribution in [0.4, 0.5) is 0 Å². The van der Waals surface area contributed by atoms with Crippen LogP contribution in [0, 0.1) is 0 Å². The number of ether oxygens (including phenoxy) is 1. The van der Waals surface area contributed by atoms with E-state index in [1.165, 1.54) is 57.8 Å². The van der Waals surface area contributed by atoms with Crippen LogP contribution in [0.15, 0.2) is 0 Å². The molecule has 0 heterocycles. The molecule has 1 aliphatic carbocycles. The molecule has 0 aliphatic heterocycles. The van der Waals surface area contributed by atoms with E-state index in [0.29, 0.717) is 12.1 Å². The lowest BCUT2D eigenvalue weighted by atomic mass is 9.98. The van der Waals surface area contributed by atoms with Gasteiger partial charge < -0.3 is 10.1 Å². The van der Waals surface area contributed by atoms with Crippen molar-refractivity contribution in [2.75, 3.05) is 13.2 Å². The maximum absolute atomic E-state index is 5.93. The number of hydrogen-bond donors (Lipinski definition) is 1. The molecule has 2 heteroatoms. The standard InChI is InChI=1S/C15H31NO/c1-3-12-16-14(2)9-7-8-13-17-15-10-5-4-6-11-15/h14-16H,3-13H2,1-2H3. The average molecular weight is 241 g/mol. The van der Waals surface area contributed by atoms with E-state index >= 15 is 0 Å². The Morgan fingerprint density at radius 1 is 1.18 bits per heavy atom. The summed E-state index contributed by atoms with van der Waals surface area (Å²) in [7, 11) is 0. The molecule has 0 aromatic heterocycles. The minimum absolute atomic E-state index is 0.583. The molecule has 0 saturated heterocycles. The summed E-state index contributed by atoms with van der Waals surface area (Å²) < 4.78 is 5.93. The van der Waals surface area contributed by atoms with Gasteiger partial charge >= 0.3 is 0 Å². The van der Waals surface area contributed by atoms with Crippen LogP contribution in [0.5, 0.6) is 0 Å². The third-order valence-electron chi connectivity index (χ3n) is 3.68. The van der Waals surface area contributed by atoms with Crippen molar-refractivity contribution in [3.63, 3.8) is 0 Å². The first-order chi connectivity index (χ1) is 8.33. The molecule has 102 valence electrons. The van der Waals surface area contributed by atoms with Crippen LogP contribution in [0.25, 0.3) is 0 Å². The van der Waals surface area contributed by atoms with Crippen LogP contribution in [0.3, 0.4) is 0 Å². The highest BCUT2D eigenvalue weighted by molar-refractivity contribution is 4.65. The van der Waals surface area contributed by atoms with Gasteiger partial charge in [-0.05, 0) is 52.0 Å². The van der Waals surface area contributed by atoms with Gasteiger partial charge in [0.15, 0.2) is 0 Å². The van der Waals surface area contributed by atoms with Gasteiger partial charge in [-0.25, -0.2) is 0 Å². The fraction of sp³-hybridized carbons (Fsp3) is 1.00. The molecule has 0 spiro atoms. The second-order valence-electron chi connectivity index (χ2n) is 5.48. The predicted octanol–water partition coefficient (Wildman–Crippen LogP) is 3.89. The van der Waals surface area contributed by atoms with E-state index in [9.17, 15) is 0 Å². The van der Waals surface area contributed by atoms with E-state index in [-0.39, 0.29) is 0 Å². The molecule has 2 nitrogen and oxygen atoms in total. The number of hydrogen-bond acceptors (Lipinski definition) is 2. The summed E-state index contributed by atoms with van der Waals surface area (Å²) >= 11 is 0. The first kappa shape index (κ1) is 15.0. The normalized spacial score (nSPS) is 19.4. The van der Waals surface area contributed by atoms with Gasteiger partial charge in [-0.2, -0.15) is 0 Å². The highest BCUT2D eigenvalue weighted by Gasteiger charge is 2.12. The summed E-state index contributed by atoms with van der Waals surface area (Å²) in [4.78, 5) is 0. The molecule has 1 fully saturated rings. The Labute approximate surface area is 108 Å². The number of nitrogens with one attached hydrogen (secondary N) is 1. The van der Waals surface area contributed by atoms with Crippen LogP contribution in [-0.4, -0.2) is 25.3 Å². The van der Waals surface area contributed by atoms with Gasteiger partial charge in [-0.3, -0.25) is 0 Å². The maximum Gasteiger partial charge on any atom is 0.0575 e. The molecular weight excluding hydrogens is 210 g/mol. The third-order valence-corrected chi connectivity index (χ3v) is 3.68. The van der Waals surface area contributed by atoms with E-state index in [0.717, 1.165) is 13.2 Å². The van der Waals surface area contributed by atoms with E-state index in [2.05, 4.69) is 19.2 Å². The molecule has 0 aromatic carbocycles. The van der Waals surface area contributed by atoms with Gasteiger partial charge in [0.1, 0.15) is 0 Å². The highest BCUT2D eigenvalue weighted by Crippen LogP contribution is 2.20. The Hall–Kier alpha value is -0.0800. The Morgan fingerprint density at radius 3 is 2.65 bits per heavy atom. The summed E-state index contributed by atoms with van der Waals surface area (Å²) in [6.07, 6.45) is 12.4. The van der Waals surface area contributed by atoms with Crippen molar-refractivity contribution in [3.05, 3.63) is 0 Å². The lowest BCUT2D eigenvalue weighted by molar-refractivity contribution is 0.0261. The van der Waals surface area contributed by atoms with Crippen molar-refractivity contribution in [2.45, 2.75) is 83.8 Å². The Balaban J connectivity index is 1.86. The molecule has 1 atom stereocenters. The summed E-state index contributed by atoms with van der Waals surface area (Å²) in [5.74, 6) is 0. The fourth-order valence-electron chi connectivity index (χ4n) is 2.53. The smallest absolute Gasteiger partial charge is 0.0575 e. The summed E-state index contributed by atoms with van der Waals surface area (Å²) in [6, 6.07) is 0.671. The van der Waals surface area contributed by atoms with E-state index in [1.54, 1.807) is 0 Å². The Kier molecular flexibility index (Phi) is 8.72. The minimum Gasteiger partial charge on any atom is -0.378 e. The molecule has 0 bridgehead atoms. The van der Waals surface area contributed by atoms with Crippen LogP contribution in [-0.2, 0) is 4.74 Å². The molecular formula is C15H31NO. The highest BCUT2D eigenvalue weighted by atomic mass is 16.5. The van der Waals surface area contributed by atoms with Crippen molar-refractivity contribution < 1.29 is 4.74 Å². The molecule has 1 unspecified atom stereocenters. The van der Waals surface area contributed by atoms with E-state index in [1.807, 2.05) is 0 Å². The van der Waals surface area contributed by atoms with Gasteiger partial charge in [0.05, 0.1) is 6.10 Å². The van der Waals surface area contributed by atoms with Gasteiger partial charge in [0, 0.05) is 12.6 Å². The first-order valence-electron chi connectivity index (χ1n) is 7.68. The monoisotopic (exact) mass is 241 g/mol. The first-order valence-corrected chi connectivity index (χ1v) is 7.68. The lowest BCUT2D eigenvalue weighted by Crippen LogP contribution is -2.26. The Bertz CT molecular complexity index is 166. The SMILES string of the molecule is CCCNC(C)CCCCOC1CCCCC1. The third kappa shape index (κ3) is 7.77. The molecule has 1 aliphatic rings. The zero-order chi connectivity index (χ0) is 12.3. The van der Waals surface area contributed by atoms with Gasteiger partial charge in [0.25, 0.3) is 0 Å². The quantitative estimate of drug-likeness (QED) is 0.618.